The van der Waals surface area contributed by atoms with E-state index in [-0.39, 0.29) is 12.1 Å². The zero-order valence-electron chi connectivity index (χ0n) is 12.2. The molecule has 5 heteroatoms. The van der Waals surface area contributed by atoms with Crippen molar-refractivity contribution in [2.24, 2.45) is 0 Å². The Balaban J connectivity index is 1.87. The van der Waals surface area contributed by atoms with Gasteiger partial charge in [0.25, 0.3) is 5.88 Å². The standard InChI is InChI=1S/C16H19N3O2/c1-10(2)21-16-15(17-7-8-18-16)19-14-12-6-4-3-5-11(12)9-13(14)20/h3-8,10,13-14,20H,9H2,1-2H3,(H,17,19)/t13-,14+/m1/s1. The number of hydrogen-bond donors (Lipinski definition) is 2. The van der Waals surface area contributed by atoms with Crippen LogP contribution < -0.4 is 10.1 Å². The number of nitrogens with zero attached hydrogens (tertiary/aromatic N) is 2. The number of fused-ring (bicyclic) bond motifs is 1. The minimum Gasteiger partial charge on any atom is -0.472 e. The van der Waals surface area contributed by atoms with Gasteiger partial charge in [-0.15, -0.1) is 0 Å². The molecule has 1 aromatic carbocycles. The van der Waals surface area contributed by atoms with Crippen LogP contribution in [0.4, 0.5) is 5.82 Å². The maximum atomic E-state index is 10.3. The monoisotopic (exact) mass is 285 g/mol. The maximum Gasteiger partial charge on any atom is 0.257 e. The Morgan fingerprint density at radius 1 is 1.24 bits per heavy atom. The maximum absolute atomic E-state index is 10.3. The lowest BCUT2D eigenvalue weighted by molar-refractivity contribution is 0.165. The van der Waals surface area contributed by atoms with Crippen molar-refractivity contribution in [2.75, 3.05) is 5.32 Å². The largest absolute Gasteiger partial charge is 0.472 e. The van der Waals surface area contributed by atoms with Crippen LogP contribution in [0.2, 0.25) is 0 Å². The molecule has 5 nitrogen and oxygen atoms in total. The number of hydrogen-bond acceptors (Lipinski definition) is 5. The highest BCUT2D eigenvalue weighted by Crippen LogP contribution is 2.35. The summed E-state index contributed by atoms with van der Waals surface area (Å²) in [5, 5.41) is 13.6. The van der Waals surface area contributed by atoms with Crippen LogP contribution in [0.5, 0.6) is 5.88 Å². The van der Waals surface area contributed by atoms with Gasteiger partial charge in [-0.2, -0.15) is 0 Å². The lowest BCUT2D eigenvalue weighted by atomic mass is 10.1. The molecule has 0 saturated heterocycles. The molecule has 21 heavy (non-hydrogen) atoms. The molecule has 110 valence electrons. The molecule has 2 N–H and O–H groups in total. The van der Waals surface area contributed by atoms with E-state index >= 15 is 0 Å². The van der Waals surface area contributed by atoms with E-state index in [0.717, 1.165) is 11.1 Å². The molecule has 0 spiro atoms. The summed E-state index contributed by atoms with van der Waals surface area (Å²) in [5.41, 5.74) is 2.27. The van der Waals surface area contributed by atoms with Crippen molar-refractivity contribution in [3.8, 4) is 5.88 Å². The first-order valence-corrected chi connectivity index (χ1v) is 7.15. The van der Waals surface area contributed by atoms with Crippen molar-refractivity contribution in [1.82, 2.24) is 9.97 Å². The number of ether oxygens (including phenoxy) is 1. The molecule has 0 radical (unpaired) electrons. The Bertz CT molecular complexity index is 630. The average Bonchev–Trinajstić information content (AvgIpc) is 2.77. The molecule has 2 atom stereocenters. The lowest BCUT2D eigenvalue weighted by Gasteiger charge is -2.20. The third-order valence-corrected chi connectivity index (χ3v) is 3.51. The quantitative estimate of drug-likeness (QED) is 0.902. The Kier molecular flexibility index (Phi) is 3.75. The number of nitrogens with one attached hydrogen (secondary N) is 1. The molecule has 2 aromatic rings. The van der Waals surface area contributed by atoms with E-state index in [9.17, 15) is 5.11 Å². The SMILES string of the molecule is CC(C)Oc1nccnc1N[C@H]1c2ccccc2C[C@H]1O. The van der Waals surface area contributed by atoms with Gasteiger partial charge in [0.2, 0.25) is 0 Å². The topological polar surface area (TPSA) is 67.3 Å². The first-order chi connectivity index (χ1) is 10.1. The van der Waals surface area contributed by atoms with Crippen molar-refractivity contribution >= 4 is 5.82 Å². The fourth-order valence-corrected chi connectivity index (χ4v) is 2.63. The number of aliphatic hydroxyl groups is 1. The first kappa shape index (κ1) is 13.8. The van der Waals surface area contributed by atoms with Crippen molar-refractivity contribution in [3.05, 3.63) is 47.8 Å². The predicted octanol–water partition coefficient (Wildman–Crippen LogP) is 2.33. The van der Waals surface area contributed by atoms with Crippen molar-refractivity contribution in [1.29, 1.82) is 0 Å². The highest BCUT2D eigenvalue weighted by atomic mass is 16.5. The minimum absolute atomic E-state index is 0.0167. The van der Waals surface area contributed by atoms with Gasteiger partial charge < -0.3 is 15.2 Å². The van der Waals surface area contributed by atoms with Gasteiger partial charge >= 0.3 is 0 Å². The van der Waals surface area contributed by atoms with Crippen LogP contribution in [-0.2, 0) is 6.42 Å². The Morgan fingerprint density at radius 3 is 2.81 bits per heavy atom. The number of benzene rings is 1. The van der Waals surface area contributed by atoms with E-state index in [1.54, 1.807) is 12.4 Å². The van der Waals surface area contributed by atoms with Gasteiger partial charge in [0.15, 0.2) is 5.82 Å². The van der Waals surface area contributed by atoms with Gasteiger partial charge in [-0.1, -0.05) is 24.3 Å². The normalized spacial score (nSPS) is 20.4. The molecule has 0 amide bonds. The van der Waals surface area contributed by atoms with Gasteiger partial charge in [-0.3, -0.25) is 0 Å². The fourth-order valence-electron chi connectivity index (χ4n) is 2.63. The van der Waals surface area contributed by atoms with Gasteiger partial charge in [-0.05, 0) is 25.0 Å². The Hall–Kier alpha value is -2.14. The fraction of sp³-hybridized carbons (Fsp3) is 0.375. The highest BCUT2D eigenvalue weighted by Gasteiger charge is 2.31. The third-order valence-electron chi connectivity index (χ3n) is 3.51. The Labute approximate surface area is 124 Å². The highest BCUT2D eigenvalue weighted by molar-refractivity contribution is 5.50. The van der Waals surface area contributed by atoms with Gasteiger partial charge in [0.05, 0.1) is 18.2 Å². The molecular weight excluding hydrogens is 266 g/mol. The van der Waals surface area contributed by atoms with Crippen LogP contribution in [0.3, 0.4) is 0 Å². The second kappa shape index (κ2) is 5.69. The van der Waals surface area contributed by atoms with E-state index in [2.05, 4.69) is 15.3 Å². The van der Waals surface area contributed by atoms with Crippen LogP contribution in [0, 0.1) is 0 Å². The zero-order chi connectivity index (χ0) is 14.8. The van der Waals surface area contributed by atoms with Gasteiger partial charge in [0.1, 0.15) is 0 Å². The van der Waals surface area contributed by atoms with Crippen LogP contribution in [-0.4, -0.2) is 27.3 Å². The van der Waals surface area contributed by atoms with Crippen LogP contribution in [0.15, 0.2) is 36.7 Å². The minimum atomic E-state index is -0.476. The van der Waals surface area contributed by atoms with E-state index in [4.69, 9.17) is 4.74 Å². The molecule has 0 fully saturated rings. The van der Waals surface area contributed by atoms with Crippen molar-refractivity contribution in [2.45, 2.75) is 38.5 Å². The molecule has 1 aliphatic rings. The summed E-state index contributed by atoms with van der Waals surface area (Å²) < 4.78 is 5.66. The van der Waals surface area contributed by atoms with Crippen LogP contribution >= 0.6 is 0 Å². The second-order valence-electron chi connectivity index (χ2n) is 5.47. The number of aromatic nitrogens is 2. The van der Waals surface area contributed by atoms with Crippen molar-refractivity contribution in [3.63, 3.8) is 0 Å². The molecule has 1 aliphatic carbocycles. The molecule has 1 heterocycles. The van der Waals surface area contributed by atoms with E-state index in [1.165, 1.54) is 0 Å². The summed E-state index contributed by atoms with van der Waals surface area (Å²) in [6, 6.07) is 7.86. The molecule has 0 saturated carbocycles. The Morgan fingerprint density at radius 2 is 2.00 bits per heavy atom. The number of aliphatic hydroxyl groups excluding tert-OH is 1. The summed E-state index contributed by atoms with van der Waals surface area (Å²) in [4.78, 5) is 8.51. The average molecular weight is 285 g/mol. The second-order valence-corrected chi connectivity index (χ2v) is 5.47. The molecule has 0 aliphatic heterocycles. The zero-order valence-corrected chi connectivity index (χ0v) is 12.2. The number of rotatable bonds is 4. The summed E-state index contributed by atoms with van der Waals surface area (Å²) in [6.07, 6.45) is 3.40. The molecule has 0 bridgehead atoms. The molecule has 3 rings (SSSR count). The van der Waals surface area contributed by atoms with E-state index < -0.39 is 6.10 Å². The predicted molar refractivity (Wildman–Crippen MR) is 80.3 cm³/mol. The van der Waals surface area contributed by atoms with Crippen LogP contribution in [0.25, 0.3) is 0 Å². The lowest BCUT2D eigenvalue weighted by Crippen LogP contribution is -2.22. The first-order valence-electron chi connectivity index (χ1n) is 7.15. The molecular formula is C16H19N3O2. The summed E-state index contributed by atoms with van der Waals surface area (Å²) >= 11 is 0. The van der Waals surface area contributed by atoms with Gasteiger partial charge in [-0.25, -0.2) is 9.97 Å². The summed E-state index contributed by atoms with van der Waals surface area (Å²) in [6.45, 7) is 3.89. The summed E-state index contributed by atoms with van der Waals surface area (Å²) in [7, 11) is 0. The van der Waals surface area contributed by atoms with E-state index in [0.29, 0.717) is 18.1 Å². The smallest absolute Gasteiger partial charge is 0.257 e. The van der Waals surface area contributed by atoms with Crippen LogP contribution in [0.1, 0.15) is 31.0 Å². The summed E-state index contributed by atoms with van der Waals surface area (Å²) in [5.74, 6) is 1.02. The van der Waals surface area contributed by atoms with E-state index in [1.807, 2.05) is 38.1 Å². The molecule has 1 aromatic heterocycles. The molecule has 0 unspecified atom stereocenters. The third kappa shape index (κ3) is 2.83. The van der Waals surface area contributed by atoms with Gasteiger partial charge in [0, 0.05) is 18.8 Å². The van der Waals surface area contributed by atoms with Crippen molar-refractivity contribution < 1.29 is 9.84 Å². The number of anilines is 1.